The van der Waals surface area contributed by atoms with Crippen molar-refractivity contribution < 1.29 is 0 Å². The summed E-state index contributed by atoms with van der Waals surface area (Å²) in [5.41, 5.74) is 2.35. The molecule has 11 heavy (non-hydrogen) atoms. The van der Waals surface area contributed by atoms with E-state index in [1.54, 1.807) is 6.07 Å². The number of benzene rings is 1. The number of allylic oxidation sites excluding steroid dienone is 1. The van der Waals surface area contributed by atoms with Crippen LogP contribution in [0.15, 0.2) is 18.2 Å². The normalized spacial score (nSPS) is 13.6. The Balaban J connectivity index is 2.66. The zero-order valence-electron chi connectivity index (χ0n) is 5.77. The second-order valence-electron chi connectivity index (χ2n) is 2.56. The first-order valence-electron chi connectivity index (χ1n) is 3.42. The maximum absolute atomic E-state index is 5.95. The van der Waals surface area contributed by atoms with Crippen LogP contribution in [0.1, 0.15) is 11.1 Å². The molecule has 0 nitrogen and oxygen atoms in total. The lowest BCUT2D eigenvalue weighted by Gasteiger charge is -2.01. The van der Waals surface area contributed by atoms with E-state index >= 15 is 0 Å². The molecule has 0 fully saturated rings. The van der Waals surface area contributed by atoms with Gasteiger partial charge in [-0.25, -0.2) is 0 Å². The van der Waals surface area contributed by atoms with E-state index in [1.165, 1.54) is 5.56 Å². The molecule has 0 N–H and O–H groups in total. The molecule has 0 aliphatic heterocycles. The average Bonchev–Trinajstić information content (AvgIpc) is 2.34. The van der Waals surface area contributed by atoms with Crippen molar-refractivity contribution in [1.82, 2.24) is 0 Å². The zero-order chi connectivity index (χ0) is 7.84. The minimum absolute atomic E-state index is 0.709. The lowest BCUT2D eigenvalue weighted by molar-refractivity contribution is 1.31. The molecule has 0 radical (unpaired) electrons. The van der Waals surface area contributed by atoms with Crippen LogP contribution in [0.4, 0.5) is 0 Å². The molecule has 0 bridgehead atoms. The van der Waals surface area contributed by atoms with Crippen LogP contribution >= 0.6 is 23.2 Å². The Hall–Kier alpha value is -0.460. The number of fused-ring (bicyclic) bond motifs is 1. The quantitative estimate of drug-likeness (QED) is 0.579. The van der Waals surface area contributed by atoms with Crippen molar-refractivity contribution in [3.05, 3.63) is 39.4 Å². The fourth-order valence-electron chi connectivity index (χ4n) is 1.29. The molecule has 0 heterocycles. The second kappa shape index (κ2) is 2.54. The molecule has 2 rings (SSSR count). The molecule has 0 unspecified atom stereocenters. The molecule has 2 heteroatoms. The Bertz CT molecular complexity index is 327. The molecular weight excluding hydrogens is 179 g/mol. The summed E-state index contributed by atoms with van der Waals surface area (Å²) < 4.78 is 0. The van der Waals surface area contributed by atoms with E-state index in [0.717, 1.165) is 17.0 Å². The van der Waals surface area contributed by atoms with E-state index in [2.05, 4.69) is 6.08 Å². The first-order chi connectivity index (χ1) is 5.27. The van der Waals surface area contributed by atoms with Crippen LogP contribution in [0.25, 0.3) is 6.08 Å². The first kappa shape index (κ1) is 7.20. The van der Waals surface area contributed by atoms with Gasteiger partial charge in [-0.05, 0) is 29.7 Å². The van der Waals surface area contributed by atoms with Gasteiger partial charge in [0.2, 0.25) is 0 Å². The molecular formula is C9H6Cl2. The summed E-state index contributed by atoms with van der Waals surface area (Å²) >= 11 is 11.8. The summed E-state index contributed by atoms with van der Waals surface area (Å²) in [6.45, 7) is 0. The van der Waals surface area contributed by atoms with E-state index in [-0.39, 0.29) is 0 Å². The van der Waals surface area contributed by atoms with Crippen LogP contribution in [0, 0.1) is 0 Å². The van der Waals surface area contributed by atoms with Gasteiger partial charge in [-0.1, -0.05) is 35.4 Å². The molecule has 1 aliphatic carbocycles. The Morgan fingerprint density at radius 3 is 2.82 bits per heavy atom. The topological polar surface area (TPSA) is 0 Å². The van der Waals surface area contributed by atoms with Crippen LogP contribution in [0.2, 0.25) is 10.0 Å². The van der Waals surface area contributed by atoms with E-state index in [1.807, 2.05) is 12.1 Å². The molecule has 0 atom stereocenters. The fourth-order valence-corrected chi connectivity index (χ4v) is 1.88. The predicted molar refractivity (Wildman–Crippen MR) is 49.2 cm³/mol. The predicted octanol–water partition coefficient (Wildman–Crippen LogP) is 3.56. The monoisotopic (exact) mass is 184 g/mol. The van der Waals surface area contributed by atoms with Gasteiger partial charge in [-0.15, -0.1) is 0 Å². The number of rotatable bonds is 0. The minimum atomic E-state index is 0.709. The lowest BCUT2D eigenvalue weighted by Crippen LogP contribution is -1.82. The molecule has 0 aromatic heterocycles. The second-order valence-corrected chi connectivity index (χ2v) is 3.41. The van der Waals surface area contributed by atoms with Crippen molar-refractivity contribution in [1.29, 1.82) is 0 Å². The highest BCUT2D eigenvalue weighted by molar-refractivity contribution is 6.35. The third kappa shape index (κ3) is 1.17. The number of halogens is 2. The molecule has 0 amide bonds. The van der Waals surface area contributed by atoms with Crippen LogP contribution < -0.4 is 0 Å². The molecule has 1 aliphatic rings. The Morgan fingerprint density at radius 2 is 2.00 bits per heavy atom. The molecule has 1 aromatic rings. The average molecular weight is 185 g/mol. The van der Waals surface area contributed by atoms with Gasteiger partial charge >= 0.3 is 0 Å². The third-order valence-electron chi connectivity index (χ3n) is 1.81. The van der Waals surface area contributed by atoms with E-state index in [4.69, 9.17) is 23.2 Å². The molecule has 0 spiro atoms. The standard InChI is InChI=1S/C9H6Cl2/c10-7-4-6-2-1-3-8(6)9(11)5-7/h1-2,4-5H,3H2. The Kier molecular flexibility index (Phi) is 1.67. The van der Waals surface area contributed by atoms with Crippen LogP contribution in [-0.2, 0) is 6.42 Å². The van der Waals surface area contributed by atoms with Gasteiger partial charge in [0, 0.05) is 10.0 Å². The minimum Gasteiger partial charge on any atom is -0.0843 e. The summed E-state index contributed by atoms with van der Waals surface area (Å²) in [5, 5.41) is 1.48. The summed E-state index contributed by atoms with van der Waals surface area (Å²) in [6.07, 6.45) is 5.07. The summed E-state index contributed by atoms with van der Waals surface area (Å²) in [6, 6.07) is 3.72. The Labute approximate surface area is 75.4 Å². The smallest absolute Gasteiger partial charge is 0.0461 e. The van der Waals surface area contributed by atoms with E-state index in [0.29, 0.717) is 5.02 Å². The highest BCUT2D eigenvalue weighted by atomic mass is 35.5. The van der Waals surface area contributed by atoms with Crippen LogP contribution in [0.5, 0.6) is 0 Å². The van der Waals surface area contributed by atoms with Gasteiger partial charge in [0.15, 0.2) is 0 Å². The summed E-state index contributed by atoms with van der Waals surface area (Å²) in [5.74, 6) is 0. The van der Waals surface area contributed by atoms with E-state index in [9.17, 15) is 0 Å². The van der Waals surface area contributed by atoms with Gasteiger partial charge in [-0.3, -0.25) is 0 Å². The lowest BCUT2D eigenvalue weighted by atomic mass is 10.1. The van der Waals surface area contributed by atoms with Gasteiger partial charge in [0.05, 0.1) is 0 Å². The molecule has 56 valence electrons. The van der Waals surface area contributed by atoms with Crippen molar-refractivity contribution in [3.63, 3.8) is 0 Å². The largest absolute Gasteiger partial charge is 0.0843 e. The van der Waals surface area contributed by atoms with E-state index < -0.39 is 0 Å². The summed E-state index contributed by atoms with van der Waals surface area (Å²) in [7, 11) is 0. The van der Waals surface area contributed by atoms with Crippen molar-refractivity contribution in [2.75, 3.05) is 0 Å². The molecule has 0 saturated carbocycles. The highest BCUT2D eigenvalue weighted by Gasteiger charge is 2.09. The van der Waals surface area contributed by atoms with Crippen LogP contribution in [-0.4, -0.2) is 0 Å². The van der Waals surface area contributed by atoms with Gasteiger partial charge in [0.1, 0.15) is 0 Å². The van der Waals surface area contributed by atoms with Crippen molar-refractivity contribution >= 4 is 29.3 Å². The van der Waals surface area contributed by atoms with Crippen molar-refractivity contribution in [3.8, 4) is 0 Å². The van der Waals surface area contributed by atoms with Gasteiger partial charge in [0.25, 0.3) is 0 Å². The van der Waals surface area contributed by atoms with Crippen molar-refractivity contribution in [2.45, 2.75) is 6.42 Å². The Morgan fingerprint density at radius 1 is 1.18 bits per heavy atom. The SMILES string of the molecule is Clc1cc(Cl)c2c(c1)C=CC2. The first-order valence-corrected chi connectivity index (χ1v) is 4.17. The summed E-state index contributed by atoms with van der Waals surface area (Å²) in [4.78, 5) is 0. The van der Waals surface area contributed by atoms with Crippen molar-refractivity contribution in [2.24, 2.45) is 0 Å². The fraction of sp³-hybridized carbons (Fsp3) is 0.111. The zero-order valence-corrected chi connectivity index (χ0v) is 7.28. The van der Waals surface area contributed by atoms with Gasteiger partial charge in [-0.2, -0.15) is 0 Å². The number of hydrogen-bond donors (Lipinski definition) is 0. The maximum atomic E-state index is 5.95. The third-order valence-corrected chi connectivity index (χ3v) is 2.37. The number of hydrogen-bond acceptors (Lipinski definition) is 0. The highest BCUT2D eigenvalue weighted by Crippen LogP contribution is 2.30. The van der Waals surface area contributed by atoms with Gasteiger partial charge < -0.3 is 0 Å². The van der Waals surface area contributed by atoms with Crippen LogP contribution in [0.3, 0.4) is 0 Å². The molecule has 1 aromatic carbocycles. The molecule has 0 saturated heterocycles. The maximum Gasteiger partial charge on any atom is 0.0461 e.